The minimum atomic E-state index is -0.979. The Labute approximate surface area is 174 Å². The number of ether oxygens (including phenoxy) is 1. The third-order valence-electron chi connectivity index (χ3n) is 5.21. The van der Waals surface area contributed by atoms with Crippen molar-refractivity contribution in [3.63, 3.8) is 0 Å². The molecule has 1 aliphatic carbocycles. The topological polar surface area (TPSA) is 113 Å². The molecule has 1 saturated heterocycles. The highest BCUT2D eigenvalue weighted by Crippen LogP contribution is 2.27. The van der Waals surface area contributed by atoms with Crippen LogP contribution in [-0.2, 0) is 19.1 Å². The number of hydrogen-bond donors (Lipinski definition) is 1. The Kier molecular flexibility index (Phi) is 6.81. The van der Waals surface area contributed by atoms with Gasteiger partial charge in [-0.1, -0.05) is 26.2 Å². The van der Waals surface area contributed by atoms with E-state index in [1.54, 1.807) is 0 Å². The van der Waals surface area contributed by atoms with E-state index < -0.39 is 36.3 Å². The summed E-state index contributed by atoms with van der Waals surface area (Å²) in [5.41, 5.74) is 0.745. The summed E-state index contributed by atoms with van der Waals surface area (Å²) in [6.07, 6.45) is 4.87. The summed E-state index contributed by atoms with van der Waals surface area (Å²) in [5.74, 6) is -2.91. The Morgan fingerprint density at radius 3 is 2.37 bits per heavy atom. The molecule has 0 spiro atoms. The smallest absolute Gasteiger partial charge is 0.338 e. The van der Waals surface area contributed by atoms with Gasteiger partial charge in [0.25, 0.3) is 0 Å². The van der Waals surface area contributed by atoms with Crippen LogP contribution in [0.3, 0.4) is 0 Å². The Hall–Kier alpha value is -3.23. The van der Waals surface area contributed by atoms with Crippen molar-refractivity contribution in [2.24, 2.45) is 0 Å². The van der Waals surface area contributed by atoms with E-state index in [-0.39, 0.29) is 6.04 Å². The number of nitrogens with one attached hydrogen (secondary N) is 1. The van der Waals surface area contributed by atoms with Crippen molar-refractivity contribution < 1.29 is 28.7 Å². The number of amides is 5. The summed E-state index contributed by atoms with van der Waals surface area (Å²) in [6, 6.07) is 5.07. The lowest BCUT2D eigenvalue weighted by molar-refractivity contribution is -0.144. The number of nitrogens with zero attached hydrogens (tertiary/aromatic N) is 2. The summed E-state index contributed by atoms with van der Waals surface area (Å²) in [7, 11) is 0. The summed E-state index contributed by atoms with van der Waals surface area (Å²) in [6.45, 7) is 1.80. The van der Waals surface area contributed by atoms with Crippen LogP contribution in [0.2, 0.25) is 0 Å². The largest absolute Gasteiger partial charge is 0.462 e. The monoisotopic (exact) mass is 415 g/mol. The predicted molar refractivity (Wildman–Crippen MR) is 106 cm³/mol. The Morgan fingerprint density at radius 2 is 1.73 bits per heavy atom. The van der Waals surface area contributed by atoms with E-state index in [2.05, 4.69) is 5.32 Å². The molecule has 1 aromatic carbocycles. The fourth-order valence-electron chi connectivity index (χ4n) is 3.57. The highest BCUT2D eigenvalue weighted by molar-refractivity contribution is 6.45. The minimum Gasteiger partial charge on any atom is -0.462 e. The molecule has 0 bridgehead atoms. The minimum absolute atomic E-state index is 0.272. The Morgan fingerprint density at radius 1 is 1.07 bits per heavy atom. The first-order chi connectivity index (χ1) is 14.4. The van der Waals surface area contributed by atoms with Crippen molar-refractivity contribution >= 4 is 35.4 Å². The number of unbranched alkanes of at least 4 members (excludes halogenated alkanes) is 1. The molecule has 1 saturated carbocycles. The SMILES string of the molecule is CCCCOC(=O)c1ccc(NC(=O)CN2C(=O)C(=O)N(C3CCCC3)C2=O)cc1. The molecule has 9 heteroatoms. The molecule has 0 atom stereocenters. The molecule has 2 aliphatic rings. The van der Waals surface area contributed by atoms with Crippen LogP contribution in [0.1, 0.15) is 55.8 Å². The Balaban J connectivity index is 1.56. The fraction of sp³-hybridized carbons (Fsp3) is 0.476. The molecule has 160 valence electrons. The zero-order valence-corrected chi connectivity index (χ0v) is 16.9. The van der Waals surface area contributed by atoms with E-state index in [1.165, 1.54) is 24.3 Å². The van der Waals surface area contributed by atoms with Crippen LogP contribution in [0, 0.1) is 0 Å². The molecule has 1 N–H and O–H groups in total. The number of carbonyl (C=O) groups excluding carboxylic acids is 5. The van der Waals surface area contributed by atoms with Crippen molar-refractivity contribution in [2.75, 3.05) is 18.5 Å². The summed E-state index contributed by atoms with van der Waals surface area (Å²) < 4.78 is 5.12. The van der Waals surface area contributed by atoms with E-state index in [9.17, 15) is 24.0 Å². The van der Waals surface area contributed by atoms with Gasteiger partial charge in [-0.15, -0.1) is 0 Å². The molecule has 3 rings (SSSR count). The van der Waals surface area contributed by atoms with Gasteiger partial charge < -0.3 is 10.1 Å². The lowest BCUT2D eigenvalue weighted by Crippen LogP contribution is -2.41. The van der Waals surface area contributed by atoms with Gasteiger partial charge in [-0.05, 0) is 43.5 Å². The van der Waals surface area contributed by atoms with Crippen LogP contribution >= 0.6 is 0 Å². The number of carbonyl (C=O) groups is 5. The van der Waals surface area contributed by atoms with Gasteiger partial charge in [0.05, 0.1) is 12.2 Å². The maximum Gasteiger partial charge on any atom is 0.338 e. The molecule has 1 heterocycles. The number of urea groups is 1. The molecule has 2 fully saturated rings. The second kappa shape index (κ2) is 9.51. The average Bonchev–Trinajstić information content (AvgIpc) is 3.32. The predicted octanol–water partition coefficient (Wildman–Crippen LogP) is 2.32. The maximum atomic E-state index is 12.5. The van der Waals surface area contributed by atoms with Gasteiger partial charge in [-0.25, -0.2) is 14.5 Å². The number of anilines is 1. The van der Waals surface area contributed by atoms with Gasteiger partial charge in [0.1, 0.15) is 6.54 Å². The van der Waals surface area contributed by atoms with Crippen molar-refractivity contribution in [2.45, 2.75) is 51.5 Å². The van der Waals surface area contributed by atoms with Gasteiger partial charge in [0.15, 0.2) is 0 Å². The highest BCUT2D eigenvalue weighted by Gasteiger charge is 2.48. The molecule has 0 unspecified atom stereocenters. The van der Waals surface area contributed by atoms with Crippen LogP contribution in [0.4, 0.5) is 10.5 Å². The van der Waals surface area contributed by atoms with Gasteiger partial charge in [0.2, 0.25) is 5.91 Å². The summed E-state index contributed by atoms with van der Waals surface area (Å²) in [5, 5.41) is 2.56. The van der Waals surface area contributed by atoms with Gasteiger partial charge >= 0.3 is 23.8 Å². The normalized spacial score (nSPS) is 17.0. The number of esters is 1. The third kappa shape index (κ3) is 4.67. The molecule has 30 heavy (non-hydrogen) atoms. The molecule has 0 aromatic heterocycles. The lowest BCUT2D eigenvalue weighted by Gasteiger charge is -2.20. The molecular formula is C21H25N3O6. The van der Waals surface area contributed by atoms with Crippen molar-refractivity contribution in [3.05, 3.63) is 29.8 Å². The standard InChI is InChI=1S/C21H25N3O6/c1-2-3-12-30-20(28)14-8-10-15(11-9-14)22-17(25)13-23-18(26)19(27)24(21(23)29)16-6-4-5-7-16/h8-11,16H,2-7,12-13H2,1H3,(H,22,25). The van der Waals surface area contributed by atoms with Gasteiger partial charge in [-0.3, -0.25) is 19.3 Å². The molecule has 0 radical (unpaired) electrons. The fourth-order valence-corrected chi connectivity index (χ4v) is 3.57. The maximum absolute atomic E-state index is 12.5. The zero-order valence-electron chi connectivity index (χ0n) is 16.9. The van der Waals surface area contributed by atoms with E-state index in [0.717, 1.165) is 30.6 Å². The number of benzene rings is 1. The average molecular weight is 415 g/mol. The van der Waals surface area contributed by atoms with E-state index in [0.29, 0.717) is 35.6 Å². The highest BCUT2D eigenvalue weighted by atomic mass is 16.5. The second-order valence-electron chi connectivity index (χ2n) is 7.40. The summed E-state index contributed by atoms with van der Waals surface area (Å²) >= 11 is 0. The molecular weight excluding hydrogens is 390 g/mol. The first kappa shape index (κ1) is 21.5. The van der Waals surface area contributed by atoms with Crippen molar-refractivity contribution in [1.29, 1.82) is 0 Å². The zero-order chi connectivity index (χ0) is 21.7. The molecule has 5 amide bonds. The van der Waals surface area contributed by atoms with Crippen LogP contribution in [0.15, 0.2) is 24.3 Å². The van der Waals surface area contributed by atoms with Crippen LogP contribution in [0.25, 0.3) is 0 Å². The van der Waals surface area contributed by atoms with E-state index in [4.69, 9.17) is 4.74 Å². The second-order valence-corrected chi connectivity index (χ2v) is 7.40. The van der Waals surface area contributed by atoms with Crippen LogP contribution in [-0.4, -0.2) is 58.7 Å². The van der Waals surface area contributed by atoms with E-state index >= 15 is 0 Å². The molecule has 9 nitrogen and oxygen atoms in total. The lowest BCUT2D eigenvalue weighted by atomic mass is 10.2. The summed E-state index contributed by atoms with van der Waals surface area (Å²) in [4.78, 5) is 62.7. The number of rotatable bonds is 8. The van der Waals surface area contributed by atoms with Crippen LogP contribution < -0.4 is 5.32 Å². The third-order valence-corrected chi connectivity index (χ3v) is 5.21. The number of hydrogen-bond acceptors (Lipinski definition) is 6. The quantitative estimate of drug-likeness (QED) is 0.302. The van der Waals surface area contributed by atoms with Gasteiger partial charge in [-0.2, -0.15) is 0 Å². The first-order valence-electron chi connectivity index (χ1n) is 10.2. The van der Waals surface area contributed by atoms with Crippen molar-refractivity contribution in [1.82, 2.24) is 9.80 Å². The van der Waals surface area contributed by atoms with Gasteiger partial charge in [0, 0.05) is 11.7 Å². The first-order valence-corrected chi connectivity index (χ1v) is 10.2. The van der Waals surface area contributed by atoms with Crippen LogP contribution in [0.5, 0.6) is 0 Å². The molecule has 1 aromatic rings. The molecule has 1 aliphatic heterocycles. The Bertz CT molecular complexity index is 845. The van der Waals surface area contributed by atoms with E-state index in [1.807, 2.05) is 6.92 Å². The number of imide groups is 2. The van der Waals surface area contributed by atoms with Crippen molar-refractivity contribution in [3.8, 4) is 0 Å².